The minimum atomic E-state index is 0.273. The number of hydrogen-bond acceptors (Lipinski definition) is 4. The van der Waals surface area contributed by atoms with Crippen LogP contribution in [0.2, 0.25) is 0 Å². The number of hydrogen-bond donors (Lipinski definition) is 0. The summed E-state index contributed by atoms with van der Waals surface area (Å²) in [6.07, 6.45) is 5.95. The van der Waals surface area contributed by atoms with Gasteiger partial charge in [0, 0.05) is 28.3 Å². The van der Waals surface area contributed by atoms with Crippen molar-refractivity contribution in [2.24, 2.45) is 0 Å². The van der Waals surface area contributed by atoms with Crippen molar-refractivity contribution in [1.82, 2.24) is 24.3 Å². The summed E-state index contributed by atoms with van der Waals surface area (Å²) in [7, 11) is 0. The molecule has 5 nitrogen and oxygen atoms in total. The Balaban J connectivity index is 1.27. The standard InChI is InChI=1S/C37H29N5/c1-36-17-18-37(2,22-36)29-21-31-30(20-28(29)36)38-35-27-15-9-14-26(25(27)16-19-42(31)35)34-40-32(23-10-5-3-6-11-23)39-33(41-34)24-12-7-4-8-13-24/h3-16,19-21H,17-18,22H2,1-2H3. The van der Waals surface area contributed by atoms with Gasteiger partial charge in [-0.3, -0.25) is 4.40 Å². The van der Waals surface area contributed by atoms with Crippen LogP contribution in [-0.2, 0) is 10.8 Å². The van der Waals surface area contributed by atoms with Gasteiger partial charge in [0.2, 0.25) is 0 Å². The van der Waals surface area contributed by atoms with Gasteiger partial charge < -0.3 is 0 Å². The van der Waals surface area contributed by atoms with E-state index in [9.17, 15) is 0 Å². The van der Waals surface area contributed by atoms with Gasteiger partial charge in [0.1, 0.15) is 5.65 Å². The predicted octanol–water partition coefficient (Wildman–Crippen LogP) is 8.54. The Bertz CT molecular complexity index is 2140. The Morgan fingerprint density at radius 2 is 1.21 bits per heavy atom. The molecule has 5 heteroatoms. The van der Waals surface area contributed by atoms with Crippen LogP contribution in [0.1, 0.15) is 44.2 Å². The maximum Gasteiger partial charge on any atom is 0.164 e. The summed E-state index contributed by atoms with van der Waals surface area (Å²) in [6, 6.07) is 33.6. The first kappa shape index (κ1) is 23.8. The normalized spacial score (nSPS) is 21.0. The molecule has 0 amide bonds. The van der Waals surface area contributed by atoms with Crippen molar-refractivity contribution in [3.8, 4) is 34.2 Å². The molecule has 1 saturated carbocycles. The highest BCUT2D eigenvalue weighted by Gasteiger charge is 2.53. The van der Waals surface area contributed by atoms with Crippen molar-refractivity contribution in [2.45, 2.75) is 43.9 Å². The topological polar surface area (TPSA) is 56.0 Å². The Kier molecular flexibility index (Phi) is 4.71. The maximum absolute atomic E-state index is 5.23. The van der Waals surface area contributed by atoms with Gasteiger partial charge in [-0.2, -0.15) is 0 Å². The van der Waals surface area contributed by atoms with E-state index < -0.39 is 0 Å². The summed E-state index contributed by atoms with van der Waals surface area (Å²) in [5.74, 6) is 1.98. The lowest BCUT2D eigenvalue weighted by atomic mass is 9.78. The third-order valence-electron chi connectivity index (χ3n) is 9.82. The second-order valence-electron chi connectivity index (χ2n) is 12.6. The van der Waals surface area contributed by atoms with Gasteiger partial charge in [0.25, 0.3) is 0 Å². The summed E-state index contributed by atoms with van der Waals surface area (Å²) < 4.78 is 2.26. The van der Waals surface area contributed by atoms with Gasteiger partial charge in [-0.1, -0.05) is 92.7 Å². The summed E-state index contributed by atoms with van der Waals surface area (Å²) >= 11 is 0. The molecule has 0 N–H and O–H groups in total. The third-order valence-corrected chi connectivity index (χ3v) is 9.82. The van der Waals surface area contributed by atoms with E-state index in [0.29, 0.717) is 17.5 Å². The Hall–Kier alpha value is -4.90. The molecule has 2 bridgehead atoms. The van der Waals surface area contributed by atoms with Crippen LogP contribution in [-0.4, -0.2) is 24.3 Å². The molecule has 2 aliphatic carbocycles. The van der Waals surface area contributed by atoms with Crippen molar-refractivity contribution in [3.63, 3.8) is 0 Å². The first-order valence-corrected chi connectivity index (χ1v) is 14.8. The molecule has 2 atom stereocenters. The maximum atomic E-state index is 5.23. The number of nitrogens with zero attached hydrogens (tertiary/aromatic N) is 5. The van der Waals surface area contributed by atoms with Crippen LogP contribution in [0, 0.1) is 0 Å². The van der Waals surface area contributed by atoms with Gasteiger partial charge >= 0.3 is 0 Å². The Labute approximate surface area is 244 Å². The van der Waals surface area contributed by atoms with Crippen LogP contribution in [0.3, 0.4) is 0 Å². The molecule has 7 aromatic rings. The fraction of sp³-hybridized carbons (Fsp3) is 0.189. The monoisotopic (exact) mass is 543 g/mol. The zero-order chi connectivity index (χ0) is 28.1. The van der Waals surface area contributed by atoms with Gasteiger partial charge in [-0.25, -0.2) is 19.9 Å². The van der Waals surface area contributed by atoms with E-state index in [-0.39, 0.29) is 10.8 Å². The summed E-state index contributed by atoms with van der Waals surface area (Å²) in [4.78, 5) is 20.1. The summed E-state index contributed by atoms with van der Waals surface area (Å²) in [5.41, 5.74) is 9.70. The molecule has 0 radical (unpaired) electrons. The van der Waals surface area contributed by atoms with Crippen molar-refractivity contribution in [2.75, 3.05) is 0 Å². The number of imidazole rings is 1. The average Bonchev–Trinajstić information content (AvgIpc) is 3.64. The highest BCUT2D eigenvalue weighted by Crippen LogP contribution is 2.60. The largest absolute Gasteiger partial charge is 0.299 e. The predicted molar refractivity (Wildman–Crippen MR) is 168 cm³/mol. The number of rotatable bonds is 3. The van der Waals surface area contributed by atoms with E-state index in [2.05, 4.69) is 60.8 Å². The molecule has 3 heterocycles. The van der Waals surface area contributed by atoms with E-state index in [1.165, 1.54) is 35.9 Å². The first-order chi connectivity index (χ1) is 20.5. The van der Waals surface area contributed by atoms with Crippen LogP contribution >= 0.6 is 0 Å². The third kappa shape index (κ3) is 3.31. The minimum absolute atomic E-state index is 0.273. The van der Waals surface area contributed by atoms with Gasteiger partial charge in [-0.05, 0) is 64.8 Å². The smallest absolute Gasteiger partial charge is 0.164 e. The fourth-order valence-corrected chi connectivity index (χ4v) is 7.74. The van der Waals surface area contributed by atoms with Crippen molar-refractivity contribution in [3.05, 3.63) is 114 Å². The minimum Gasteiger partial charge on any atom is -0.299 e. The lowest BCUT2D eigenvalue weighted by molar-refractivity contribution is 0.484. The molecule has 9 rings (SSSR count). The van der Waals surface area contributed by atoms with Gasteiger partial charge in [0.15, 0.2) is 17.5 Å². The molecule has 0 saturated heterocycles. The molecule has 42 heavy (non-hydrogen) atoms. The quantitative estimate of drug-likeness (QED) is 0.224. The number of pyridine rings is 1. The number of benzene rings is 4. The molecule has 202 valence electrons. The molecular weight excluding hydrogens is 514 g/mol. The molecule has 2 unspecified atom stereocenters. The zero-order valence-electron chi connectivity index (χ0n) is 23.7. The first-order valence-electron chi connectivity index (χ1n) is 14.8. The second kappa shape index (κ2) is 8.32. The van der Waals surface area contributed by atoms with Crippen LogP contribution in [0.15, 0.2) is 103 Å². The SMILES string of the molecule is CC12CCC(C)(C1)c1cc3c(cc12)nc1c2cccc(-c4nc(-c5ccccc5)nc(-c5ccccc5)n4)c2ccn31. The van der Waals surface area contributed by atoms with E-state index >= 15 is 0 Å². The van der Waals surface area contributed by atoms with Gasteiger partial charge in [0.05, 0.1) is 11.0 Å². The summed E-state index contributed by atoms with van der Waals surface area (Å²) in [5, 5.41) is 2.17. The lowest BCUT2D eigenvalue weighted by Crippen LogP contribution is -2.17. The summed E-state index contributed by atoms with van der Waals surface area (Å²) in [6.45, 7) is 4.89. The van der Waals surface area contributed by atoms with Crippen molar-refractivity contribution >= 4 is 27.5 Å². The van der Waals surface area contributed by atoms with Gasteiger partial charge in [-0.15, -0.1) is 0 Å². The highest BCUT2D eigenvalue weighted by atomic mass is 15.0. The van der Waals surface area contributed by atoms with E-state index in [1.54, 1.807) is 0 Å². The molecular formula is C37H29N5. The molecule has 4 aromatic carbocycles. The molecule has 0 aliphatic heterocycles. The second-order valence-corrected chi connectivity index (χ2v) is 12.6. The fourth-order valence-electron chi connectivity index (χ4n) is 7.74. The van der Waals surface area contributed by atoms with Crippen LogP contribution in [0.4, 0.5) is 0 Å². The highest BCUT2D eigenvalue weighted by molar-refractivity contribution is 6.04. The zero-order valence-corrected chi connectivity index (χ0v) is 23.7. The van der Waals surface area contributed by atoms with Crippen LogP contribution in [0.25, 0.3) is 61.6 Å². The number of aromatic nitrogens is 5. The van der Waals surface area contributed by atoms with Crippen molar-refractivity contribution in [1.29, 1.82) is 0 Å². The molecule has 3 aromatic heterocycles. The lowest BCUT2D eigenvalue weighted by Gasteiger charge is -2.26. The molecule has 2 aliphatic rings. The van der Waals surface area contributed by atoms with E-state index in [1.807, 2.05) is 60.7 Å². The molecule has 0 spiro atoms. The van der Waals surface area contributed by atoms with Crippen LogP contribution in [0.5, 0.6) is 0 Å². The average molecular weight is 544 g/mol. The molecule has 1 fully saturated rings. The Morgan fingerprint density at radius 3 is 1.88 bits per heavy atom. The Morgan fingerprint density at radius 1 is 0.595 bits per heavy atom. The van der Waals surface area contributed by atoms with E-state index in [4.69, 9.17) is 19.9 Å². The van der Waals surface area contributed by atoms with Crippen molar-refractivity contribution < 1.29 is 0 Å². The number of fused-ring (bicyclic) bond motifs is 10. The van der Waals surface area contributed by atoms with E-state index in [0.717, 1.165) is 38.6 Å². The van der Waals surface area contributed by atoms with Crippen LogP contribution < -0.4 is 0 Å².